The first-order valence-electron chi connectivity index (χ1n) is 11.1. The van der Waals surface area contributed by atoms with E-state index < -0.39 is 40.6 Å². The largest absolute Gasteiger partial charge is 0.419 e. The predicted octanol–water partition coefficient (Wildman–Crippen LogP) is 4.56. The quantitative estimate of drug-likeness (QED) is 0.473. The summed E-state index contributed by atoms with van der Waals surface area (Å²) in [6.07, 6.45) is -1.70. The van der Waals surface area contributed by atoms with E-state index in [4.69, 9.17) is 17.5 Å². The van der Waals surface area contributed by atoms with E-state index in [1.807, 2.05) is 6.92 Å². The third-order valence-electron chi connectivity index (χ3n) is 6.61. The van der Waals surface area contributed by atoms with Crippen LogP contribution < -0.4 is 15.1 Å². The number of aromatic nitrogens is 1. The summed E-state index contributed by atoms with van der Waals surface area (Å²) in [5, 5.41) is 11.3. The third-order valence-corrected chi connectivity index (χ3v) is 6.98. The molecule has 1 aliphatic carbocycles. The van der Waals surface area contributed by atoms with Crippen LogP contribution in [0.4, 0.5) is 28.9 Å². The lowest BCUT2D eigenvalue weighted by atomic mass is 9.75. The van der Waals surface area contributed by atoms with Crippen LogP contribution in [0.2, 0.25) is 0 Å². The molecule has 2 fully saturated rings. The number of halogens is 4. The summed E-state index contributed by atoms with van der Waals surface area (Å²) in [4.78, 5) is 31.9. The molecule has 1 N–H and O–H groups in total. The Kier molecular flexibility index (Phi) is 6.47. The van der Waals surface area contributed by atoms with E-state index in [0.717, 1.165) is 23.6 Å². The second-order valence-electron chi connectivity index (χ2n) is 8.93. The Balaban J connectivity index is 1.87. The Morgan fingerprint density at radius 3 is 2.61 bits per heavy atom. The van der Waals surface area contributed by atoms with Crippen LogP contribution in [0.1, 0.15) is 54.2 Å². The Bertz CT molecular complexity index is 1310. The summed E-state index contributed by atoms with van der Waals surface area (Å²) >= 11 is 5.60. The van der Waals surface area contributed by atoms with E-state index in [1.165, 1.54) is 30.1 Å². The molecule has 2 aliphatic rings. The van der Waals surface area contributed by atoms with Crippen molar-refractivity contribution in [3.8, 4) is 6.07 Å². The molecule has 188 valence electrons. The second kappa shape index (κ2) is 9.13. The van der Waals surface area contributed by atoms with Crippen LogP contribution in [0, 0.1) is 23.1 Å². The van der Waals surface area contributed by atoms with Crippen LogP contribution >= 0.6 is 12.2 Å². The van der Waals surface area contributed by atoms with Crippen LogP contribution in [0.15, 0.2) is 30.5 Å². The maximum Gasteiger partial charge on any atom is 0.419 e. The smallest absolute Gasteiger partial charge is 0.355 e. The molecule has 36 heavy (non-hydrogen) atoms. The number of amides is 2. The van der Waals surface area contributed by atoms with Gasteiger partial charge in [-0.1, -0.05) is 19.8 Å². The van der Waals surface area contributed by atoms with Crippen LogP contribution in [0.5, 0.6) is 0 Å². The number of rotatable bonds is 3. The predicted molar refractivity (Wildman–Crippen MR) is 127 cm³/mol. The van der Waals surface area contributed by atoms with Crippen LogP contribution in [-0.4, -0.2) is 34.5 Å². The summed E-state index contributed by atoms with van der Waals surface area (Å²) in [5.41, 5.74) is -3.60. The number of benzene rings is 1. The lowest BCUT2D eigenvalue weighted by Gasteiger charge is -2.41. The maximum absolute atomic E-state index is 14.9. The second-order valence-corrected chi connectivity index (χ2v) is 9.30. The molecule has 1 aromatic heterocycles. The van der Waals surface area contributed by atoms with Gasteiger partial charge >= 0.3 is 6.18 Å². The van der Waals surface area contributed by atoms with Crippen molar-refractivity contribution in [2.45, 2.75) is 44.3 Å². The molecule has 0 radical (unpaired) electrons. The van der Waals surface area contributed by atoms with Crippen molar-refractivity contribution in [2.24, 2.45) is 5.92 Å². The number of thiocarbonyl (C=S) groups is 1. The fourth-order valence-electron chi connectivity index (χ4n) is 5.02. The number of pyridine rings is 1. The number of carbonyl (C=O) groups excluding carboxylic acids is 2. The van der Waals surface area contributed by atoms with Crippen molar-refractivity contribution in [3.05, 3.63) is 53.1 Å². The van der Waals surface area contributed by atoms with Gasteiger partial charge in [0.1, 0.15) is 17.4 Å². The Morgan fingerprint density at radius 2 is 2.03 bits per heavy atom. The molecule has 1 saturated carbocycles. The van der Waals surface area contributed by atoms with Gasteiger partial charge in [-0.05, 0) is 55.2 Å². The van der Waals surface area contributed by atoms with Crippen molar-refractivity contribution in [2.75, 3.05) is 16.8 Å². The molecule has 2 heterocycles. The summed E-state index contributed by atoms with van der Waals surface area (Å²) in [7, 11) is 1.36. The molecule has 7 nitrogen and oxygen atoms in total. The van der Waals surface area contributed by atoms with Gasteiger partial charge < -0.3 is 10.2 Å². The highest BCUT2D eigenvalue weighted by atomic mass is 32.1. The number of carbonyl (C=O) groups is 2. The van der Waals surface area contributed by atoms with Crippen LogP contribution in [0.25, 0.3) is 0 Å². The van der Waals surface area contributed by atoms with Gasteiger partial charge in [0.05, 0.1) is 23.0 Å². The zero-order chi connectivity index (χ0) is 26.4. The molecule has 12 heteroatoms. The van der Waals surface area contributed by atoms with Gasteiger partial charge in [-0.15, -0.1) is 0 Å². The normalized spacial score (nSPS) is 22.2. The van der Waals surface area contributed by atoms with Gasteiger partial charge in [0.25, 0.3) is 11.8 Å². The van der Waals surface area contributed by atoms with Gasteiger partial charge in [0, 0.05) is 12.7 Å². The molecule has 1 saturated heterocycles. The third kappa shape index (κ3) is 4.07. The van der Waals surface area contributed by atoms with Gasteiger partial charge in [-0.2, -0.15) is 18.4 Å². The van der Waals surface area contributed by atoms with E-state index in [0.29, 0.717) is 25.3 Å². The summed E-state index contributed by atoms with van der Waals surface area (Å²) < 4.78 is 55.7. The molecule has 1 spiro atoms. The first kappa shape index (κ1) is 25.5. The average Bonchev–Trinajstić information content (AvgIpc) is 3.02. The van der Waals surface area contributed by atoms with E-state index >= 15 is 0 Å². The molecular formula is C24H21F4N5O2S. The number of hydrogen-bond acceptors (Lipinski definition) is 5. The van der Waals surface area contributed by atoms with Crippen molar-refractivity contribution in [1.29, 1.82) is 5.26 Å². The number of anilines is 2. The zero-order valence-corrected chi connectivity index (χ0v) is 20.1. The molecule has 2 amide bonds. The van der Waals surface area contributed by atoms with Gasteiger partial charge in [-0.3, -0.25) is 14.5 Å². The van der Waals surface area contributed by atoms with E-state index in [2.05, 4.69) is 10.3 Å². The fraction of sp³-hybridized carbons (Fsp3) is 0.375. The lowest BCUT2D eigenvalue weighted by Crippen LogP contribution is -2.52. The highest BCUT2D eigenvalue weighted by molar-refractivity contribution is 7.81. The SMILES string of the molecule is CNC(=O)c1ccc(N2C(=S)N(c3cnc(C#N)c(C(F)(F)F)c3)C(=O)C23CCC[C@@H](C)C3)cc1F. The lowest BCUT2D eigenvalue weighted by molar-refractivity contribution is -0.138. The summed E-state index contributed by atoms with van der Waals surface area (Å²) in [5.74, 6) is -1.92. The molecule has 2 atom stereocenters. The van der Waals surface area contributed by atoms with Crippen molar-refractivity contribution in [1.82, 2.24) is 10.3 Å². The standard InChI is InChI=1S/C24H21F4N5O2S/c1-13-4-3-7-23(10-13)21(35)32(15-8-17(24(26,27)28)19(11-29)31-12-15)22(36)33(23)14-5-6-16(18(25)9-14)20(34)30-2/h5-6,8-9,12-13H,3-4,7,10H2,1-2H3,(H,30,34)/t13-,23?/m1/s1. The topological polar surface area (TPSA) is 89.3 Å². The first-order chi connectivity index (χ1) is 16.9. The first-order valence-corrected chi connectivity index (χ1v) is 11.5. The average molecular weight is 520 g/mol. The Morgan fingerprint density at radius 1 is 1.31 bits per heavy atom. The van der Waals surface area contributed by atoms with Gasteiger partial charge in [0.15, 0.2) is 10.8 Å². The summed E-state index contributed by atoms with van der Waals surface area (Å²) in [6.45, 7) is 1.96. The molecule has 1 aliphatic heterocycles. The van der Waals surface area contributed by atoms with Crippen molar-refractivity contribution < 1.29 is 27.2 Å². The molecule has 1 unspecified atom stereocenters. The monoisotopic (exact) mass is 519 g/mol. The molecule has 0 bridgehead atoms. The molecular weight excluding hydrogens is 498 g/mol. The van der Waals surface area contributed by atoms with E-state index in [9.17, 15) is 27.2 Å². The Hall–Kier alpha value is -3.59. The minimum atomic E-state index is -4.88. The molecule has 2 aromatic rings. The minimum Gasteiger partial charge on any atom is -0.355 e. The van der Waals surface area contributed by atoms with Crippen LogP contribution in [0.3, 0.4) is 0 Å². The number of nitrogens with zero attached hydrogens (tertiary/aromatic N) is 4. The summed E-state index contributed by atoms with van der Waals surface area (Å²) in [6, 6.07) is 5.90. The highest BCUT2D eigenvalue weighted by Crippen LogP contribution is 2.47. The van der Waals surface area contributed by atoms with Gasteiger partial charge in [-0.25, -0.2) is 9.37 Å². The minimum absolute atomic E-state index is 0.0905. The van der Waals surface area contributed by atoms with Crippen molar-refractivity contribution in [3.63, 3.8) is 0 Å². The van der Waals surface area contributed by atoms with Gasteiger partial charge in [0.2, 0.25) is 0 Å². The number of alkyl halides is 3. The van der Waals surface area contributed by atoms with Crippen LogP contribution in [-0.2, 0) is 11.0 Å². The highest BCUT2D eigenvalue weighted by Gasteiger charge is 2.57. The fourth-order valence-corrected chi connectivity index (χ4v) is 5.49. The molecule has 1 aromatic carbocycles. The maximum atomic E-state index is 14.9. The number of nitrogens with one attached hydrogen (secondary N) is 1. The number of hydrogen-bond donors (Lipinski definition) is 1. The number of nitriles is 1. The zero-order valence-electron chi connectivity index (χ0n) is 19.3. The van der Waals surface area contributed by atoms with E-state index in [-0.39, 0.29) is 28.0 Å². The molecule has 4 rings (SSSR count). The van der Waals surface area contributed by atoms with E-state index in [1.54, 1.807) is 0 Å². The van der Waals surface area contributed by atoms with Crippen molar-refractivity contribution >= 4 is 40.5 Å². The Labute approximate surface area is 209 Å².